The first-order valence-electron chi connectivity index (χ1n) is 17.6. The van der Waals surface area contributed by atoms with Crippen LogP contribution in [0.3, 0.4) is 0 Å². The number of carbonyl (C=O) groups excluding carboxylic acids is 1. The zero-order chi connectivity index (χ0) is 32.7. The van der Waals surface area contributed by atoms with E-state index < -0.39 is 6.29 Å². The topological polar surface area (TPSA) is 74.3 Å². The lowest BCUT2D eigenvalue weighted by Crippen LogP contribution is -2.45. The first-order chi connectivity index (χ1) is 23.6. The van der Waals surface area contributed by atoms with E-state index in [1.807, 2.05) is 54.6 Å². The summed E-state index contributed by atoms with van der Waals surface area (Å²) in [5.74, 6) is -0.0824. The van der Waals surface area contributed by atoms with Gasteiger partial charge in [0.25, 0.3) is 5.91 Å². The monoisotopic (exact) mass is 645 g/mol. The second-order valence-electron chi connectivity index (χ2n) is 13.5. The van der Waals surface area contributed by atoms with Gasteiger partial charge in [0, 0.05) is 43.2 Å². The smallest absolute Gasteiger partial charge is 0.251 e. The highest BCUT2D eigenvalue weighted by atomic mass is 16.7. The maximum Gasteiger partial charge on any atom is 0.251 e. The molecule has 0 bridgehead atoms. The van der Waals surface area contributed by atoms with Gasteiger partial charge in [0.2, 0.25) is 0 Å². The lowest BCUT2D eigenvalue weighted by molar-refractivity contribution is -0.253. The SMILES string of the molecule is O=C(NCc1cccc(-c2cccc([C@@H]3O[C@H](CN4CCC[C@H]4CN4CCCC4)C[C@H](c4ccc(CO)cc4)O3)c2)c1)c1ccccc1. The third-order valence-corrected chi connectivity index (χ3v) is 10.1. The molecule has 7 heteroatoms. The molecule has 3 heterocycles. The summed E-state index contributed by atoms with van der Waals surface area (Å²) in [6, 6.07) is 34.8. The van der Waals surface area contributed by atoms with E-state index in [9.17, 15) is 9.90 Å². The van der Waals surface area contributed by atoms with Crippen LogP contribution in [0.4, 0.5) is 0 Å². The highest BCUT2D eigenvalue weighted by molar-refractivity contribution is 5.94. The molecular formula is C41H47N3O4. The van der Waals surface area contributed by atoms with Crippen molar-refractivity contribution in [1.82, 2.24) is 15.1 Å². The molecule has 4 atom stereocenters. The zero-order valence-corrected chi connectivity index (χ0v) is 27.7. The van der Waals surface area contributed by atoms with Crippen molar-refractivity contribution in [3.05, 3.63) is 131 Å². The van der Waals surface area contributed by atoms with Crippen LogP contribution >= 0.6 is 0 Å². The molecule has 0 aromatic heterocycles. The largest absolute Gasteiger partial charge is 0.392 e. The summed E-state index contributed by atoms with van der Waals surface area (Å²) in [5, 5.41) is 12.7. The average Bonchev–Trinajstić information content (AvgIpc) is 3.83. The highest BCUT2D eigenvalue weighted by Crippen LogP contribution is 2.39. The standard InChI is InChI=1S/C41H47N3O4/c45-29-30-16-18-32(19-17-30)39-25-38(28-44-22-8-15-37(44)27-43-20-4-5-21-43)47-41(48-39)36-14-7-13-35(24-36)34-12-6-9-31(23-34)26-42-40(46)33-10-2-1-3-11-33/h1-3,6-7,9-14,16-19,23-24,37-39,41,45H,4-5,8,15,20-22,25-29H2,(H,42,46)/t37-,38-,39+,41+/m0/s1. The molecule has 3 aliphatic heterocycles. The number of amides is 1. The number of carbonyl (C=O) groups is 1. The van der Waals surface area contributed by atoms with Gasteiger partial charge < -0.3 is 24.8 Å². The van der Waals surface area contributed by atoms with Crippen LogP contribution in [0.1, 0.15) is 77.1 Å². The lowest BCUT2D eigenvalue weighted by Gasteiger charge is -2.39. The van der Waals surface area contributed by atoms with Crippen LogP contribution in [-0.2, 0) is 22.6 Å². The number of ether oxygens (including phenoxy) is 2. The Labute approximate surface area is 284 Å². The maximum atomic E-state index is 12.6. The van der Waals surface area contributed by atoms with Crippen molar-refractivity contribution in [1.29, 1.82) is 0 Å². The summed E-state index contributed by atoms with van der Waals surface area (Å²) in [6.45, 7) is 6.12. The molecule has 3 fully saturated rings. The van der Waals surface area contributed by atoms with E-state index in [0.29, 0.717) is 18.2 Å². The van der Waals surface area contributed by atoms with Crippen LogP contribution in [0, 0.1) is 0 Å². The van der Waals surface area contributed by atoms with Crippen molar-refractivity contribution >= 4 is 5.91 Å². The second-order valence-corrected chi connectivity index (χ2v) is 13.5. The molecule has 7 rings (SSSR count). The molecule has 4 aromatic carbocycles. The van der Waals surface area contributed by atoms with Crippen LogP contribution in [0.15, 0.2) is 103 Å². The zero-order valence-electron chi connectivity index (χ0n) is 27.7. The number of hydrogen-bond acceptors (Lipinski definition) is 6. The fraction of sp³-hybridized carbons (Fsp3) is 0.390. The number of aliphatic hydroxyl groups is 1. The molecule has 3 aliphatic rings. The quantitative estimate of drug-likeness (QED) is 0.185. The molecule has 0 radical (unpaired) electrons. The van der Waals surface area contributed by atoms with Gasteiger partial charge in [0.15, 0.2) is 6.29 Å². The van der Waals surface area contributed by atoms with Gasteiger partial charge in [0.1, 0.15) is 0 Å². The molecule has 250 valence electrons. The summed E-state index contributed by atoms with van der Waals surface area (Å²) in [4.78, 5) is 17.9. The number of likely N-dealkylation sites (tertiary alicyclic amines) is 2. The number of aliphatic hydroxyl groups excluding tert-OH is 1. The van der Waals surface area contributed by atoms with Crippen LogP contribution in [0.2, 0.25) is 0 Å². The Morgan fingerprint density at radius 1 is 0.750 bits per heavy atom. The van der Waals surface area contributed by atoms with E-state index in [2.05, 4.69) is 63.6 Å². The molecule has 3 saturated heterocycles. The number of hydrogen-bond donors (Lipinski definition) is 2. The maximum absolute atomic E-state index is 12.6. The van der Waals surface area contributed by atoms with Gasteiger partial charge in [-0.1, -0.05) is 78.9 Å². The summed E-state index contributed by atoms with van der Waals surface area (Å²) >= 11 is 0. The Kier molecular flexibility index (Phi) is 10.6. The predicted molar refractivity (Wildman–Crippen MR) is 188 cm³/mol. The molecule has 0 unspecified atom stereocenters. The molecule has 2 N–H and O–H groups in total. The van der Waals surface area contributed by atoms with Crippen molar-refractivity contribution < 1.29 is 19.4 Å². The minimum Gasteiger partial charge on any atom is -0.392 e. The summed E-state index contributed by atoms with van der Waals surface area (Å²) < 4.78 is 13.5. The van der Waals surface area contributed by atoms with Crippen LogP contribution in [-0.4, -0.2) is 65.7 Å². The second kappa shape index (κ2) is 15.6. The van der Waals surface area contributed by atoms with Gasteiger partial charge in [-0.15, -0.1) is 0 Å². The van der Waals surface area contributed by atoms with Crippen molar-refractivity contribution in [2.45, 2.75) is 69.8 Å². The van der Waals surface area contributed by atoms with E-state index in [1.54, 1.807) is 0 Å². The van der Waals surface area contributed by atoms with Crippen molar-refractivity contribution in [2.24, 2.45) is 0 Å². The first-order valence-corrected chi connectivity index (χ1v) is 17.6. The van der Waals surface area contributed by atoms with Gasteiger partial charge in [-0.25, -0.2) is 0 Å². The number of rotatable bonds is 11. The minimum absolute atomic E-state index is 0.0287. The van der Waals surface area contributed by atoms with Gasteiger partial charge in [-0.2, -0.15) is 0 Å². The van der Waals surface area contributed by atoms with E-state index in [4.69, 9.17) is 9.47 Å². The third kappa shape index (κ3) is 8.05. The minimum atomic E-state index is -0.501. The first kappa shape index (κ1) is 32.7. The molecular weight excluding hydrogens is 598 g/mol. The van der Waals surface area contributed by atoms with Crippen molar-refractivity contribution in [3.63, 3.8) is 0 Å². The van der Waals surface area contributed by atoms with Crippen LogP contribution in [0.25, 0.3) is 11.1 Å². The number of nitrogens with one attached hydrogen (secondary N) is 1. The van der Waals surface area contributed by atoms with Gasteiger partial charge in [-0.05, 0) is 97.4 Å². The molecule has 0 aliphatic carbocycles. The molecule has 1 amide bonds. The normalized spacial score (nSPS) is 23.4. The molecule has 7 nitrogen and oxygen atoms in total. The summed E-state index contributed by atoms with van der Waals surface area (Å²) in [6.07, 6.45) is 5.36. The van der Waals surface area contributed by atoms with Crippen molar-refractivity contribution in [3.8, 4) is 11.1 Å². The summed E-state index contributed by atoms with van der Waals surface area (Å²) in [5.41, 5.74) is 6.85. The Morgan fingerprint density at radius 2 is 1.52 bits per heavy atom. The average molecular weight is 646 g/mol. The van der Waals surface area contributed by atoms with E-state index in [0.717, 1.165) is 59.4 Å². The molecule has 0 saturated carbocycles. The Bertz CT molecular complexity index is 1640. The number of benzene rings is 4. The highest BCUT2D eigenvalue weighted by Gasteiger charge is 2.36. The summed E-state index contributed by atoms with van der Waals surface area (Å²) in [7, 11) is 0. The van der Waals surface area contributed by atoms with Crippen molar-refractivity contribution in [2.75, 3.05) is 32.7 Å². The molecule has 4 aromatic rings. The van der Waals surface area contributed by atoms with Crippen LogP contribution < -0.4 is 5.32 Å². The van der Waals surface area contributed by atoms with Gasteiger partial charge in [0.05, 0.1) is 18.8 Å². The Hall–Kier alpha value is -3.85. The Morgan fingerprint density at radius 3 is 2.31 bits per heavy atom. The lowest BCUT2D eigenvalue weighted by atomic mass is 9.98. The van der Waals surface area contributed by atoms with E-state index in [-0.39, 0.29) is 24.7 Å². The fourth-order valence-electron chi connectivity index (χ4n) is 7.50. The van der Waals surface area contributed by atoms with E-state index >= 15 is 0 Å². The predicted octanol–water partition coefficient (Wildman–Crippen LogP) is 6.88. The van der Waals surface area contributed by atoms with Crippen LogP contribution in [0.5, 0.6) is 0 Å². The van der Waals surface area contributed by atoms with E-state index in [1.165, 1.54) is 38.8 Å². The molecule has 0 spiro atoms. The number of nitrogens with zero attached hydrogens (tertiary/aromatic N) is 2. The molecule has 48 heavy (non-hydrogen) atoms. The fourth-order valence-corrected chi connectivity index (χ4v) is 7.50. The Balaban J connectivity index is 1.08. The third-order valence-electron chi connectivity index (χ3n) is 10.1. The van der Waals surface area contributed by atoms with Gasteiger partial charge >= 0.3 is 0 Å². The van der Waals surface area contributed by atoms with Gasteiger partial charge in [-0.3, -0.25) is 9.69 Å².